The van der Waals surface area contributed by atoms with Crippen molar-refractivity contribution in [3.8, 4) is 5.75 Å². The van der Waals surface area contributed by atoms with Crippen LogP contribution >= 0.6 is 0 Å². The number of hydrogen-bond acceptors (Lipinski definition) is 2. The molecule has 1 N–H and O–H groups in total. The molecule has 2 rings (SSSR count). The first-order chi connectivity index (χ1) is 9.33. The van der Waals surface area contributed by atoms with E-state index in [0.717, 1.165) is 25.2 Å². The Morgan fingerprint density at radius 2 is 1.95 bits per heavy atom. The van der Waals surface area contributed by atoms with Gasteiger partial charge in [0.15, 0.2) is 0 Å². The Bertz CT molecular complexity index is 447. The summed E-state index contributed by atoms with van der Waals surface area (Å²) in [7, 11) is 0. The van der Waals surface area contributed by atoms with Crippen LogP contribution in [0.25, 0.3) is 0 Å². The second-order valence-corrected chi connectivity index (χ2v) is 5.72. The van der Waals surface area contributed by atoms with Crippen LogP contribution < -0.4 is 10.1 Å². The van der Waals surface area contributed by atoms with Crippen molar-refractivity contribution in [2.24, 2.45) is 11.8 Å². The first kappa shape index (κ1) is 15.0. The van der Waals surface area contributed by atoms with Crippen molar-refractivity contribution in [1.82, 2.24) is 0 Å². The van der Waals surface area contributed by atoms with E-state index >= 15 is 0 Å². The number of benzene rings is 1. The van der Waals surface area contributed by atoms with Crippen molar-refractivity contribution in [2.75, 3.05) is 5.32 Å². The summed E-state index contributed by atoms with van der Waals surface area (Å²) in [4.78, 5) is 0. The van der Waals surface area contributed by atoms with Crippen LogP contribution in [0.3, 0.4) is 0 Å². The molecular formula is C15H20F3NO. The van der Waals surface area contributed by atoms with Gasteiger partial charge in [-0.15, -0.1) is 13.2 Å². The smallest absolute Gasteiger partial charge is 0.406 e. The van der Waals surface area contributed by atoms with Gasteiger partial charge in [0, 0.05) is 17.8 Å². The fraction of sp³-hybridized carbons (Fsp3) is 0.600. The lowest BCUT2D eigenvalue weighted by molar-refractivity contribution is -0.274. The van der Waals surface area contributed by atoms with Crippen LogP contribution in [0.5, 0.6) is 5.75 Å². The van der Waals surface area contributed by atoms with Gasteiger partial charge < -0.3 is 10.1 Å². The van der Waals surface area contributed by atoms with E-state index in [2.05, 4.69) is 23.9 Å². The van der Waals surface area contributed by atoms with E-state index in [1.165, 1.54) is 12.1 Å². The zero-order chi connectivity index (χ0) is 14.8. The van der Waals surface area contributed by atoms with Gasteiger partial charge >= 0.3 is 6.36 Å². The minimum atomic E-state index is -4.65. The number of alkyl halides is 3. The third-order valence-corrected chi connectivity index (χ3v) is 3.85. The topological polar surface area (TPSA) is 21.3 Å². The second kappa shape index (κ2) is 5.94. The standard InChI is InChI=1S/C15H20F3NO/c1-10-6-7-14(11(2)8-10)19-12-4-3-5-13(9-12)20-15(16,17)18/h3-5,9-11,14,19H,6-8H2,1-2H3. The molecule has 0 aromatic heterocycles. The van der Waals surface area contributed by atoms with Crippen LogP contribution in [0.1, 0.15) is 33.1 Å². The minimum absolute atomic E-state index is 0.181. The Morgan fingerprint density at radius 1 is 1.20 bits per heavy atom. The van der Waals surface area contributed by atoms with Crippen molar-refractivity contribution in [3.05, 3.63) is 24.3 Å². The number of hydrogen-bond donors (Lipinski definition) is 1. The van der Waals surface area contributed by atoms with Gasteiger partial charge in [-0.1, -0.05) is 19.9 Å². The number of nitrogens with one attached hydrogen (secondary N) is 1. The normalized spacial score (nSPS) is 27.1. The van der Waals surface area contributed by atoms with E-state index in [1.807, 2.05) is 0 Å². The van der Waals surface area contributed by atoms with Gasteiger partial charge in [-0.2, -0.15) is 0 Å². The van der Waals surface area contributed by atoms with Gasteiger partial charge in [0.25, 0.3) is 0 Å². The molecule has 0 aliphatic heterocycles. The van der Waals surface area contributed by atoms with Gasteiger partial charge in [-0.25, -0.2) is 0 Å². The third-order valence-electron chi connectivity index (χ3n) is 3.85. The van der Waals surface area contributed by atoms with Gasteiger partial charge in [-0.05, 0) is 43.2 Å². The van der Waals surface area contributed by atoms with Gasteiger partial charge in [-0.3, -0.25) is 0 Å². The molecule has 3 atom stereocenters. The van der Waals surface area contributed by atoms with Crippen molar-refractivity contribution in [2.45, 2.75) is 45.5 Å². The second-order valence-electron chi connectivity index (χ2n) is 5.72. The molecule has 1 aromatic rings. The predicted octanol–water partition coefficient (Wildman–Crippen LogP) is 4.82. The molecule has 1 aliphatic rings. The molecule has 0 bridgehead atoms. The molecule has 3 unspecified atom stereocenters. The van der Waals surface area contributed by atoms with Gasteiger partial charge in [0.1, 0.15) is 5.75 Å². The molecule has 0 radical (unpaired) electrons. The zero-order valence-electron chi connectivity index (χ0n) is 11.7. The quantitative estimate of drug-likeness (QED) is 0.860. The molecule has 5 heteroatoms. The summed E-state index contributed by atoms with van der Waals surface area (Å²) >= 11 is 0. The summed E-state index contributed by atoms with van der Waals surface area (Å²) in [5.41, 5.74) is 0.679. The van der Waals surface area contributed by atoms with E-state index < -0.39 is 6.36 Å². The lowest BCUT2D eigenvalue weighted by Crippen LogP contribution is -2.33. The van der Waals surface area contributed by atoms with Crippen LogP contribution in [-0.2, 0) is 0 Å². The van der Waals surface area contributed by atoms with Gasteiger partial charge in [0.2, 0.25) is 0 Å². The fourth-order valence-corrected chi connectivity index (χ4v) is 2.88. The van der Waals surface area contributed by atoms with Crippen molar-refractivity contribution < 1.29 is 17.9 Å². The highest BCUT2D eigenvalue weighted by atomic mass is 19.4. The number of anilines is 1. The largest absolute Gasteiger partial charge is 0.573 e. The van der Waals surface area contributed by atoms with E-state index in [4.69, 9.17) is 0 Å². The summed E-state index contributed by atoms with van der Waals surface area (Å²) in [5.74, 6) is 1.06. The third kappa shape index (κ3) is 4.32. The maximum absolute atomic E-state index is 12.2. The first-order valence-corrected chi connectivity index (χ1v) is 6.96. The maximum Gasteiger partial charge on any atom is 0.573 e. The fourth-order valence-electron chi connectivity index (χ4n) is 2.88. The average Bonchev–Trinajstić information content (AvgIpc) is 2.31. The Morgan fingerprint density at radius 3 is 2.60 bits per heavy atom. The van der Waals surface area contributed by atoms with Crippen LogP contribution in [0.2, 0.25) is 0 Å². The number of ether oxygens (including phenoxy) is 1. The Labute approximate surface area is 117 Å². The summed E-state index contributed by atoms with van der Waals surface area (Å²) < 4.78 is 40.5. The van der Waals surface area contributed by atoms with Crippen LogP contribution in [0, 0.1) is 11.8 Å². The molecule has 0 heterocycles. The summed E-state index contributed by atoms with van der Waals surface area (Å²) in [6.45, 7) is 4.42. The highest BCUT2D eigenvalue weighted by Gasteiger charge is 2.31. The van der Waals surface area contributed by atoms with Crippen LogP contribution in [-0.4, -0.2) is 12.4 Å². The van der Waals surface area contributed by atoms with Crippen LogP contribution in [0.15, 0.2) is 24.3 Å². The van der Waals surface area contributed by atoms with Gasteiger partial charge in [0.05, 0.1) is 0 Å². The molecule has 0 amide bonds. The Hall–Kier alpha value is -1.39. The lowest BCUT2D eigenvalue weighted by atomic mass is 9.80. The lowest BCUT2D eigenvalue weighted by Gasteiger charge is -2.33. The molecule has 1 aromatic carbocycles. The highest BCUT2D eigenvalue weighted by molar-refractivity contribution is 5.49. The Balaban J connectivity index is 2.01. The van der Waals surface area contributed by atoms with Crippen LogP contribution in [0.4, 0.5) is 18.9 Å². The van der Waals surface area contributed by atoms with E-state index in [1.54, 1.807) is 12.1 Å². The zero-order valence-corrected chi connectivity index (χ0v) is 11.7. The minimum Gasteiger partial charge on any atom is -0.406 e. The Kier molecular flexibility index (Phi) is 4.45. The molecule has 1 aliphatic carbocycles. The van der Waals surface area contributed by atoms with E-state index in [9.17, 15) is 13.2 Å². The van der Waals surface area contributed by atoms with Crippen molar-refractivity contribution in [3.63, 3.8) is 0 Å². The first-order valence-electron chi connectivity index (χ1n) is 6.96. The summed E-state index contributed by atoms with van der Waals surface area (Å²) in [5, 5.41) is 3.33. The van der Waals surface area contributed by atoms with Crippen molar-refractivity contribution >= 4 is 5.69 Å². The molecule has 0 saturated heterocycles. The number of halogens is 3. The monoisotopic (exact) mass is 287 g/mol. The summed E-state index contributed by atoms with van der Waals surface area (Å²) in [6, 6.07) is 6.36. The molecule has 2 nitrogen and oxygen atoms in total. The van der Waals surface area contributed by atoms with Crippen molar-refractivity contribution in [1.29, 1.82) is 0 Å². The predicted molar refractivity (Wildman–Crippen MR) is 72.7 cm³/mol. The van der Waals surface area contributed by atoms with E-state index in [0.29, 0.717) is 17.6 Å². The average molecular weight is 287 g/mol. The molecular weight excluding hydrogens is 267 g/mol. The molecule has 20 heavy (non-hydrogen) atoms. The molecule has 112 valence electrons. The molecule has 0 spiro atoms. The molecule has 1 fully saturated rings. The summed E-state index contributed by atoms with van der Waals surface area (Å²) in [6.07, 6.45) is -1.30. The number of rotatable bonds is 3. The van der Waals surface area contributed by atoms with E-state index in [-0.39, 0.29) is 5.75 Å². The highest BCUT2D eigenvalue weighted by Crippen LogP contribution is 2.32. The molecule has 1 saturated carbocycles. The SMILES string of the molecule is CC1CCC(Nc2cccc(OC(F)(F)F)c2)C(C)C1. The maximum atomic E-state index is 12.2.